The van der Waals surface area contributed by atoms with Crippen LogP contribution in [0.5, 0.6) is 11.5 Å². The number of benzene rings is 3. The molecule has 0 spiro atoms. The molecule has 2 amide bonds. The van der Waals surface area contributed by atoms with Crippen molar-refractivity contribution in [1.29, 1.82) is 0 Å². The Labute approximate surface area is 202 Å². The van der Waals surface area contributed by atoms with E-state index in [-0.39, 0.29) is 11.6 Å². The predicted octanol–water partition coefficient (Wildman–Crippen LogP) is 5.45. The summed E-state index contributed by atoms with van der Waals surface area (Å²) in [6, 6.07) is 13.9. The van der Waals surface area contributed by atoms with E-state index < -0.39 is 23.6 Å². The molecule has 0 heterocycles. The van der Waals surface area contributed by atoms with Gasteiger partial charge in [0.1, 0.15) is 29.2 Å². The average Bonchev–Trinajstić information content (AvgIpc) is 2.84. The highest BCUT2D eigenvalue weighted by Crippen LogP contribution is 2.37. The van der Waals surface area contributed by atoms with Gasteiger partial charge in [-0.1, -0.05) is 18.2 Å². The molecule has 35 heavy (non-hydrogen) atoms. The van der Waals surface area contributed by atoms with E-state index in [2.05, 4.69) is 16.0 Å². The Bertz CT molecular complexity index is 1190. The largest absolute Gasteiger partial charge is 0.492 e. The highest BCUT2D eigenvalue weighted by Gasteiger charge is 2.20. The van der Waals surface area contributed by atoms with E-state index in [4.69, 9.17) is 9.47 Å². The van der Waals surface area contributed by atoms with Crippen molar-refractivity contribution >= 4 is 28.9 Å². The molecule has 3 rings (SSSR count). The van der Waals surface area contributed by atoms with Gasteiger partial charge in [-0.3, -0.25) is 9.59 Å². The number of amides is 2. The molecule has 0 bridgehead atoms. The number of hydrogen-bond acceptors (Lipinski definition) is 5. The molecular weight excluding hydrogens is 456 g/mol. The summed E-state index contributed by atoms with van der Waals surface area (Å²) in [4.78, 5) is 25.3. The number of rotatable bonds is 10. The molecule has 0 saturated carbocycles. The number of halogens is 2. The minimum atomic E-state index is -0.851. The monoisotopic (exact) mass is 483 g/mol. The van der Waals surface area contributed by atoms with Crippen LogP contribution in [0.3, 0.4) is 0 Å². The molecule has 0 aliphatic rings. The Morgan fingerprint density at radius 3 is 2.11 bits per heavy atom. The van der Waals surface area contributed by atoms with Gasteiger partial charge >= 0.3 is 0 Å². The van der Waals surface area contributed by atoms with Crippen molar-refractivity contribution in [3.8, 4) is 11.5 Å². The second-order valence-electron chi connectivity index (χ2n) is 7.51. The van der Waals surface area contributed by atoms with Gasteiger partial charge in [-0.2, -0.15) is 0 Å². The van der Waals surface area contributed by atoms with Gasteiger partial charge in [0.2, 0.25) is 5.91 Å². The standard InChI is InChI=1S/C26H27F2N3O4/c1-4-34-23-15-22(31-26(33)17-9-7-6-8-10-17)24(35-5-2)14-21(23)29-16(3)25(32)30-20-13-18(27)11-12-19(20)28/h6-16,29H,4-5H2,1-3H3,(H,30,32)(H,31,33). The van der Waals surface area contributed by atoms with Gasteiger partial charge in [-0.05, 0) is 45.0 Å². The lowest BCUT2D eigenvalue weighted by Gasteiger charge is -2.21. The van der Waals surface area contributed by atoms with Crippen molar-refractivity contribution in [3.05, 3.63) is 77.9 Å². The summed E-state index contributed by atoms with van der Waals surface area (Å²) in [5.74, 6) is -1.59. The number of carbonyl (C=O) groups excluding carboxylic acids is 2. The number of hydrogen-bond donors (Lipinski definition) is 3. The van der Waals surface area contributed by atoms with Crippen LogP contribution >= 0.6 is 0 Å². The van der Waals surface area contributed by atoms with Gasteiger partial charge < -0.3 is 25.4 Å². The third-order valence-corrected chi connectivity index (χ3v) is 4.92. The Kier molecular flexibility index (Phi) is 8.61. The van der Waals surface area contributed by atoms with Gasteiger partial charge in [0.25, 0.3) is 5.91 Å². The van der Waals surface area contributed by atoms with E-state index in [9.17, 15) is 18.4 Å². The molecule has 1 atom stereocenters. The first kappa shape index (κ1) is 25.5. The van der Waals surface area contributed by atoms with Crippen molar-refractivity contribution in [2.24, 2.45) is 0 Å². The topological polar surface area (TPSA) is 88.7 Å². The molecule has 0 aliphatic carbocycles. The SMILES string of the molecule is CCOc1cc(NC(C)C(=O)Nc2cc(F)ccc2F)c(OCC)cc1NC(=O)c1ccccc1. The fraction of sp³-hybridized carbons (Fsp3) is 0.231. The lowest BCUT2D eigenvalue weighted by Crippen LogP contribution is -2.32. The van der Waals surface area contributed by atoms with Gasteiger partial charge in [0, 0.05) is 23.8 Å². The number of ether oxygens (including phenoxy) is 2. The summed E-state index contributed by atoms with van der Waals surface area (Å²) >= 11 is 0. The number of carbonyl (C=O) groups is 2. The van der Waals surface area contributed by atoms with E-state index in [0.717, 1.165) is 18.2 Å². The van der Waals surface area contributed by atoms with Crippen LogP contribution in [0, 0.1) is 11.6 Å². The summed E-state index contributed by atoms with van der Waals surface area (Å²) in [5, 5.41) is 8.22. The molecule has 7 nitrogen and oxygen atoms in total. The zero-order valence-corrected chi connectivity index (χ0v) is 19.7. The lowest BCUT2D eigenvalue weighted by atomic mass is 10.1. The first-order valence-corrected chi connectivity index (χ1v) is 11.1. The van der Waals surface area contributed by atoms with Crippen LogP contribution in [0.25, 0.3) is 0 Å². The first-order valence-electron chi connectivity index (χ1n) is 11.1. The van der Waals surface area contributed by atoms with Crippen molar-refractivity contribution in [3.63, 3.8) is 0 Å². The molecule has 0 aliphatic heterocycles. The minimum absolute atomic E-state index is 0.261. The van der Waals surface area contributed by atoms with Crippen molar-refractivity contribution < 1.29 is 27.8 Å². The summed E-state index contributed by atoms with van der Waals surface area (Å²) in [5.41, 5.74) is 1.04. The van der Waals surface area contributed by atoms with E-state index in [0.29, 0.717) is 41.7 Å². The summed E-state index contributed by atoms with van der Waals surface area (Å²) in [6.45, 7) is 5.81. The highest BCUT2D eigenvalue weighted by molar-refractivity contribution is 6.05. The molecule has 0 aromatic heterocycles. The second-order valence-corrected chi connectivity index (χ2v) is 7.51. The Morgan fingerprint density at radius 2 is 1.46 bits per heavy atom. The average molecular weight is 484 g/mol. The summed E-state index contributed by atoms with van der Waals surface area (Å²) in [6.07, 6.45) is 0. The molecule has 184 valence electrons. The van der Waals surface area contributed by atoms with Crippen LogP contribution in [0.2, 0.25) is 0 Å². The van der Waals surface area contributed by atoms with Crippen LogP contribution in [-0.2, 0) is 4.79 Å². The molecule has 3 aromatic rings. The fourth-order valence-corrected chi connectivity index (χ4v) is 3.24. The van der Waals surface area contributed by atoms with Gasteiger partial charge in [0.05, 0.1) is 30.3 Å². The Morgan fingerprint density at radius 1 is 0.829 bits per heavy atom. The fourth-order valence-electron chi connectivity index (χ4n) is 3.24. The van der Waals surface area contributed by atoms with E-state index in [1.165, 1.54) is 0 Å². The molecule has 3 aromatic carbocycles. The molecule has 0 radical (unpaired) electrons. The Balaban J connectivity index is 1.84. The zero-order chi connectivity index (χ0) is 25.4. The summed E-state index contributed by atoms with van der Waals surface area (Å²) < 4.78 is 38.8. The third-order valence-electron chi connectivity index (χ3n) is 4.92. The molecule has 0 saturated heterocycles. The van der Waals surface area contributed by atoms with Crippen molar-refractivity contribution in [2.45, 2.75) is 26.8 Å². The predicted molar refractivity (Wildman–Crippen MR) is 131 cm³/mol. The molecule has 3 N–H and O–H groups in total. The third kappa shape index (κ3) is 6.69. The van der Waals surface area contributed by atoms with Crippen molar-refractivity contribution in [2.75, 3.05) is 29.2 Å². The molecular formula is C26H27F2N3O4. The molecule has 1 unspecified atom stereocenters. The zero-order valence-electron chi connectivity index (χ0n) is 19.7. The maximum Gasteiger partial charge on any atom is 0.255 e. The van der Waals surface area contributed by atoms with Crippen LogP contribution in [0.1, 0.15) is 31.1 Å². The van der Waals surface area contributed by atoms with Crippen LogP contribution in [-0.4, -0.2) is 31.1 Å². The second kappa shape index (κ2) is 11.8. The maximum atomic E-state index is 13.9. The highest BCUT2D eigenvalue weighted by atomic mass is 19.1. The Hall–Kier alpha value is -4.14. The van der Waals surface area contributed by atoms with Gasteiger partial charge in [-0.15, -0.1) is 0 Å². The maximum absolute atomic E-state index is 13.9. The number of anilines is 3. The van der Waals surface area contributed by atoms with Gasteiger partial charge in [-0.25, -0.2) is 8.78 Å². The van der Waals surface area contributed by atoms with Crippen LogP contribution in [0.4, 0.5) is 25.8 Å². The number of nitrogens with one attached hydrogen (secondary N) is 3. The quantitative estimate of drug-likeness (QED) is 0.357. The lowest BCUT2D eigenvalue weighted by molar-refractivity contribution is -0.116. The van der Waals surface area contributed by atoms with Gasteiger partial charge in [0.15, 0.2) is 0 Å². The van der Waals surface area contributed by atoms with E-state index in [1.54, 1.807) is 57.2 Å². The van der Waals surface area contributed by atoms with E-state index in [1.807, 2.05) is 6.07 Å². The van der Waals surface area contributed by atoms with Crippen molar-refractivity contribution in [1.82, 2.24) is 0 Å². The smallest absolute Gasteiger partial charge is 0.255 e. The van der Waals surface area contributed by atoms with Crippen LogP contribution < -0.4 is 25.4 Å². The summed E-state index contributed by atoms with van der Waals surface area (Å²) in [7, 11) is 0. The molecule has 0 fully saturated rings. The van der Waals surface area contributed by atoms with E-state index >= 15 is 0 Å². The minimum Gasteiger partial charge on any atom is -0.492 e. The normalized spacial score (nSPS) is 11.3. The van der Waals surface area contributed by atoms with Crippen LogP contribution in [0.15, 0.2) is 60.7 Å². The first-order chi connectivity index (χ1) is 16.8. The molecule has 9 heteroatoms.